The first-order valence-electron chi connectivity index (χ1n) is 7.58. The van der Waals surface area contributed by atoms with E-state index in [9.17, 15) is 8.42 Å². The quantitative estimate of drug-likeness (QED) is 0.617. The van der Waals surface area contributed by atoms with Crippen LogP contribution < -0.4 is 10.5 Å². The number of sulfonamides is 1. The number of piperazine rings is 1. The van der Waals surface area contributed by atoms with Crippen molar-refractivity contribution in [3.63, 3.8) is 0 Å². The van der Waals surface area contributed by atoms with Gasteiger partial charge in [0, 0.05) is 33.2 Å². The van der Waals surface area contributed by atoms with Crippen molar-refractivity contribution in [2.24, 2.45) is 10.7 Å². The third kappa shape index (κ3) is 3.82. The number of benzene rings is 1. The number of likely N-dealkylation sites (N-methyl/N-ethyl adjacent to an activating group) is 1. The molecule has 0 radical (unpaired) electrons. The van der Waals surface area contributed by atoms with E-state index in [0.717, 1.165) is 13.1 Å². The number of nitrogens with two attached hydrogens (primary N) is 1. The summed E-state index contributed by atoms with van der Waals surface area (Å²) >= 11 is 0. The van der Waals surface area contributed by atoms with Gasteiger partial charge in [0.2, 0.25) is 10.0 Å². The smallest absolute Gasteiger partial charge is 0.243 e. The molecule has 8 heteroatoms. The highest BCUT2D eigenvalue weighted by Gasteiger charge is 2.28. The number of rotatable bonds is 5. The zero-order chi connectivity index (χ0) is 17.0. The fourth-order valence-corrected chi connectivity index (χ4v) is 3.90. The van der Waals surface area contributed by atoms with Crippen LogP contribution in [0.5, 0.6) is 5.75 Å². The molecule has 1 aliphatic rings. The molecular formula is C15H24N4O3S. The van der Waals surface area contributed by atoms with Gasteiger partial charge in [-0.05, 0) is 32.2 Å². The summed E-state index contributed by atoms with van der Waals surface area (Å²) in [6, 6.07) is 4.74. The molecule has 0 aliphatic carbocycles. The molecule has 1 heterocycles. The van der Waals surface area contributed by atoms with E-state index in [0.29, 0.717) is 31.0 Å². The lowest BCUT2D eigenvalue weighted by Crippen LogP contribution is -2.47. The van der Waals surface area contributed by atoms with Gasteiger partial charge in [-0.25, -0.2) is 8.42 Å². The van der Waals surface area contributed by atoms with Crippen LogP contribution in [0.2, 0.25) is 0 Å². The summed E-state index contributed by atoms with van der Waals surface area (Å²) in [5.41, 5.74) is 6.39. The van der Waals surface area contributed by atoms with Gasteiger partial charge in [-0.1, -0.05) is 0 Å². The first kappa shape index (κ1) is 17.7. The Hall–Kier alpha value is -1.64. The second-order valence-corrected chi connectivity index (χ2v) is 7.35. The predicted molar refractivity (Wildman–Crippen MR) is 90.5 cm³/mol. The molecule has 128 valence electrons. The molecule has 0 unspecified atom stereocenters. The van der Waals surface area contributed by atoms with E-state index in [1.54, 1.807) is 25.2 Å². The molecule has 1 fully saturated rings. The third-order valence-electron chi connectivity index (χ3n) is 3.87. The van der Waals surface area contributed by atoms with E-state index in [-0.39, 0.29) is 10.7 Å². The van der Waals surface area contributed by atoms with Gasteiger partial charge in [0.15, 0.2) is 0 Å². The van der Waals surface area contributed by atoms with E-state index < -0.39 is 10.0 Å². The van der Waals surface area contributed by atoms with Crippen LogP contribution in [0.25, 0.3) is 0 Å². The van der Waals surface area contributed by atoms with Crippen LogP contribution in [-0.2, 0) is 10.0 Å². The average molecular weight is 340 g/mol. The highest BCUT2D eigenvalue weighted by molar-refractivity contribution is 7.89. The lowest BCUT2D eigenvalue weighted by molar-refractivity contribution is 0.222. The minimum Gasteiger partial charge on any atom is -0.493 e. The number of nitrogens with zero attached hydrogens (tertiary/aromatic N) is 3. The Labute approximate surface area is 137 Å². The molecule has 1 aromatic rings. The summed E-state index contributed by atoms with van der Waals surface area (Å²) in [4.78, 5) is 6.27. The van der Waals surface area contributed by atoms with Crippen LogP contribution in [0.15, 0.2) is 28.1 Å². The lowest BCUT2D eigenvalue weighted by Gasteiger charge is -2.31. The first-order chi connectivity index (χ1) is 10.9. The predicted octanol–water partition coefficient (Wildman–Crippen LogP) is 0.357. The van der Waals surface area contributed by atoms with Crippen molar-refractivity contribution in [1.82, 2.24) is 9.21 Å². The molecule has 1 aliphatic heterocycles. The third-order valence-corrected chi connectivity index (χ3v) is 5.76. The molecule has 2 N–H and O–H groups in total. The van der Waals surface area contributed by atoms with Gasteiger partial charge in [-0.2, -0.15) is 4.31 Å². The van der Waals surface area contributed by atoms with Crippen LogP contribution in [0.4, 0.5) is 0 Å². The Morgan fingerprint density at radius 2 is 1.96 bits per heavy atom. The fraction of sp³-hybridized carbons (Fsp3) is 0.533. The maximum absolute atomic E-state index is 12.8. The topological polar surface area (TPSA) is 88.2 Å². The van der Waals surface area contributed by atoms with E-state index in [1.165, 1.54) is 4.31 Å². The van der Waals surface area contributed by atoms with Gasteiger partial charge in [0.25, 0.3) is 0 Å². The zero-order valence-electron chi connectivity index (χ0n) is 13.8. The van der Waals surface area contributed by atoms with Crippen molar-refractivity contribution in [1.29, 1.82) is 0 Å². The maximum atomic E-state index is 12.8. The zero-order valence-corrected chi connectivity index (χ0v) is 14.6. The summed E-state index contributed by atoms with van der Waals surface area (Å²) in [7, 11) is 0.00485. The Morgan fingerprint density at radius 3 is 2.52 bits per heavy atom. The molecule has 0 aromatic heterocycles. The maximum Gasteiger partial charge on any atom is 0.243 e. The summed E-state index contributed by atoms with van der Waals surface area (Å²) < 4.78 is 32.6. The van der Waals surface area contributed by atoms with E-state index >= 15 is 0 Å². The number of aliphatic imine (C=N–C) groups is 1. The lowest BCUT2D eigenvalue weighted by atomic mass is 10.2. The van der Waals surface area contributed by atoms with Crippen molar-refractivity contribution >= 4 is 15.9 Å². The first-order valence-corrected chi connectivity index (χ1v) is 9.02. The van der Waals surface area contributed by atoms with Crippen LogP contribution in [-0.4, -0.2) is 70.3 Å². The van der Waals surface area contributed by atoms with Crippen molar-refractivity contribution in [2.45, 2.75) is 11.8 Å². The Morgan fingerprint density at radius 1 is 1.30 bits per heavy atom. The number of hydrogen-bond donors (Lipinski definition) is 1. The van der Waals surface area contributed by atoms with Crippen molar-refractivity contribution in [3.8, 4) is 5.75 Å². The summed E-state index contributed by atoms with van der Waals surface area (Å²) in [5.74, 6) is 0.789. The van der Waals surface area contributed by atoms with E-state index in [4.69, 9.17) is 10.5 Å². The van der Waals surface area contributed by atoms with Crippen molar-refractivity contribution in [2.75, 3.05) is 46.9 Å². The number of amidine groups is 1. The molecule has 23 heavy (non-hydrogen) atoms. The van der Waals surface area contributed by atoms with Crippen LogP contribution in [0.3, 0.4) is 0 Å². The summed E-state index contributed by atoms with van der Waals surface area (Å²) in [6.45, 7) is 4.74. The normalized spacial score (nSPS) is 18.1. The van der Waals surface area contributed by atoms with Crippen molar-refractivity contribution in [3.05, 3.63) is 23.8 Å². The SMILES string of the molecule is CCOc1ccc(S(=O)(=O)N2CCN(C)CC2)cc1/C(N)=N/C. The van der Waals surface area contributed by atoms with Gasteiger partial charge >= 0.3 is 0 Å². The molecule has 0 spiro atoms. The highest BCUT2D eigenvalue weighted by Crippen LogP contribution is 2.25. The van der Waals surface area contributed by atoms with Gasteiger partial charge in [0.1, 0.15) is 11.6 Å². The molecule has 0 amide bonds. The van der Waals surface area contributed by atoms with E-state index in [1.807, 2.05) is 14.0 Å². The average Bonchev–Trinajstić information content (AvgIpc) is 2.55. The van der Waals surface area contributed by atoms with Gasteiger partial charge in [-0.3, -0.25) is 4.99 Å². The van der Waals surface area contributed by atoms with Gasteiger partial charge in [0.05, 0.1) is 17.1 Å². The second kappa shape index (κ2) is 7.29. The molecule has 0 bridgehead atoms. The Kier molecular flexibility index (Phi) is 5.61. The number of ether oxygens (including phenoxy) is 1. The molecule has 1 aromatic carbocycles. The molecule has 1 saturated heterocycles. The molecule has 0 atom stereocenters. The second-order valence-electron chi connectivity index (χ2n) is 5.41. The van der Waals surface area contributed by atoms with Crippen LogP contribution in [0.1, 0.15) is 12.5 Å². The molecular weight excluding hydrogens is 316 g/mol. The molecule has 7 nitrogen and oxygen atoms in total. The van der Waals surface area contributed by atoms with Crippen LogP contribution in [0, 0.1) is 0 Å². The minimum absolute atomic E-state index is 0.215. The highest BCUT2D eigenvalue weighted by atomic mass is 32.2. The standard InChI is InChI=1S/C15H24N4O3S/c1-4-22-14-6-5-12(11-13(14)15(16)17-2)23(20,21)19-9-7-18(3)8-10-19/h5-6,11H,4,7-10H2,1-3H3,(H2,16,17). The van der Waals surface area contributed by atoms with E-state index in [2.05, 4.69) is 9.89 Å². The Balaban J connectivity index is 2.39. The minimum atomic E-state index is -3.54. The Bertz CT molecular complexity index is 680. The fourth-order valence-electron chi connectivity index (χ4n) is 2.45. The summed E-state index contributed by atoms with van der Waals surface area (Å²) in [6.07, 6.45) is 0. The largest absolute Gasteiger partial charge is 0.493 e. The van der Waals surface area contributed by atoms with Gasteiger partial charge in [-0.15, -0.1) is 0 Å². The monoisotopic (exact) mass is 340 g/mol. The summed E-state index contributed by atoms with van der Waals surface area (Å²) in [5, 5.41) is 0. The molecule has 0 saturated carbocycles. The van der Waals surface area contributed by atoms with Gasteiger partial charge < -0.3 is 15.4 Å². The molecule has 2 rings (SSSR count). The van der Waals surface area contributed by atoms with Crippen LogP contribution >= 0.6 is 0 Å². The number of hydrogen-bond acceptors (Lipinski definition) is 5. The van der Waals surface area contributed by atoms with Crippen molar-refractivity contribution < 1.29 is 13.2 Å².